The molecule has 1 saturated heterocycles. The molecule has 1 aliphatic rings. The van der Waals surface area contributed by atoms with Crippen LogP contribution in [-0.4, -0.2) is 32.7 Å². The van der Waals surface area contributed by atoms with Crippen LogP contribution >= 0.6 is 22.6 Å². The van der Waals surface area contributed by atoms with E-state index in [2.05, 4.69) is 27.7 Å². The zero-order valence-electron chi connectivity index (χ0n) is 12.0. The summed E-state index contributed by atoms with van der Waals surface area (Å²) in [5.74, 6) is 0. The Hall–Kier alpha value is -0.115. The third-order valence-electron chi connectivity index (χ3n) is 3.82. The van der Waals surface area contributed by atoms with Crippen LogP contribution in [0.2, 0.25) is 0 Å². The van der Waals surface area contributed by atoms with Gasteiger partial charge in [0.15, 0.2) is 0 Å². The number of hydrogen-bond donors (Lipinski definition) is 0. The van der Waals surface area contributed by atoms with Crippen molar-refractivity contribution < 1.29 is 14.0 Å². The number of aromatic nitrogens is 2. The maximum Gasteiger partial charge on any atom is 0.498 e. The van der Waals surface area contributed by atoms with E-state index in [0.717, 1.165) is 5.46 Å². The quantitative estimate of drug-likeness (QED) is 0.458. The number of halogens is 1. The van der Waals surface area contributed by atoms with Gasteiger partial charge in [-0.3, -0.25) is 0 Å². The van der Waals surface area contributed by atoms with E-state index in [-0.39, 0.29) is 24.5 Å². The normalized spacial score (nSPS) is 22.7. The first-order valence-corrected chi connectivity index (χ1v) is 7.86. The van der Waals surface area contributed by atoms with Gasteiger partial charge in [0.25, 0.3) is 0 Å². The molecule has 19 heavy (non-hydrogen) atoms. The smallest absolute Gasteiger partial charge is 0.399 e. The largest absolute Gasteiger partial charge is 0.498 e. The molecule has 5 nitrogen and oxygen atoms in total. The van der Waals surface area contributed by atoms with Crippen LogP contribution in [0.5, 0.6) is 0 Å². The van der Waals surface area contributed by atoms with E-state index in [0.29, 0.717) is 4.61 Å². The van der Waals surface area contributed by atoms with Gasteiger partial charge in [0, 0.05) is 17.9 Å². The third kappa shape index (κ3) is 2.98. The number of rotatable bonds is 4. The number of hydrogen-bond acceptors (Lipinski definition) is 4. The highest BCUT2D eigenvalue weighted by atomic mass is 127. The second kappa shape index (κ2) is 5.35. The maximum atomic E-state index is 5.99. The summed E-state index contributed by atoms with van der Waals surface area (Å²) in [6.45, 7) is 10.1. The van der Waals surface area contributed by atoms with E-state index >= 15 is 0 Å². The summed E-state index contributed by atoms with van der Waals surface area (Å²) in [4.78, 5) is 0. The molecule has 1 fully saturated rings. The molecule has 1 atom stereocenters. The highest BCUT2D eigenvalue weighted by molar-refractivity contribution is 14.1. The Balaban J connectivity index is 2.13. The van der Waals surface area contributed by atoms with Crippen molar-refractivity contribution in [3.63, 3.8) is 0 Å². The van der Waals surface area contributed by atoms with Gasteiger partial charge in [0.05, 0.1) is 11.2 Å². The van der Waals surface area contributed by atoms with Crippen molar-refractivity contribution in [2.45, 2.75) is 52.0 Å². The minimum absolute atomic E-state index is 0.0897. The molecule has 0 aromatic carbocycles. The van der Waals surface area contributed by atoms with Gasteiger partial charge in [-0.25, -0.2) is 4.68 Å². The van der Waals surface area contributed by atoms with E-state index in [1.807, 2.05) is 40.8 Å². The number of nitrogens with zero attached hydrogens (tertiary/aromatic N) is 2. The Kier molecular flexibility index (Phi) is 4.30. The van der Waals surface area contributed by atoms with Crippen molar-refractivity contribution in [2.24, 2.45) is 0 Å². The molecular weight excluding hydrogens is 358 g/mol. The van der Waals surface area contributed by atoms with E-state index in [1.54, 1.807) is 10.9 Å². The van der Waals surface area contributed by atoms with Gasteiger partial charge in [-0.1, -0.05) is 22.6 Å². The molecule has 0 saturated carbocycles. The summed E-state index contributed by atoms with van der Waals surface area (Å²) in [5.41, 5.74) is 0.260. The number of ether oxygens (including phenoxy) is 1. The van der Waals surface area contributed by atoms with Gasteiger partial charge in [0.1, 0.15) is 10.8 Å². The van der Waals surface area contributed by atoms with Crippen molar-refractivity contribution >= 4 is 35.2 Å². The van der Waals surface area contributed by atoms with Gasteiger partial charge >= 0.3 is 7.12 Å². The van der Waals surface area contributed by atoms with E-state index in [1.165, 1.54) is 0 Å². The Morgan fingerprint density at radius 3 is 2.47 bits per heavy atom. The van der Waals surface area contributed by atoms with Crippen LogP contribution in [0.15, 0.2) is 12.4 Å². The average Bonchev–Trinajstić information content (AvgIpc) is 2.83. The van der Waals surface area contributed by atoms with Crippen molar-refractivity contribution in [1.82, 2.24) is 9.78 Å². The SMILES string of the molecule is CC(OCI)n1cc(B2OC(C)(C)C(C)(C)O2)cn1. The summed E-state index contributed by atoms with van der Waals surface area (Å²) in [7, 11) is -0.370. The van der Waals surface area contributed by atoms with E-state index < -0.39 is 0 Å². The molecule has 0 spiro atoms. The topological polar surface area (TPSA) is 45.5 Å². The first kappa shape index (κ1) is 15.3. The van der Waals surface area contributed by atoms with Crippen molar-refractivity contribution in [1.29, 1.82) is 0 Å². The van der Waals surface area contributed by atoms with E-state index in [9.17, 15) is 0 Å². The summed E-state index contributed by atoms with van der Waals surface area (Å²) in [6.07, 6.45) is 3.60. The van der Waals surface area contributed by atoms with Crippen molar-refractivity contribution in [2.75, 3.05) is 4.61 Å². The summed E-state index contributed by atoms with van der Waals surface area (Å²) in [5, 5.41) is 4.30. The highest BCUT2D eigenvalue weighted by Gasteiger charge is 2.52. The first-order valence-electron chi connectivity index (χ1n) is 6.34. The molecule has 7 heteroatoms. The molecule has 0 bridgehead atoms. The molecule has 106 valence electrons. The second-order valence-corrected chi connectivity index (χ2v) is 6.34. The lowest BCUT2D eigenvalue weighted by Gasteiger charge is -2.32. The fourth-order valence-electron chi connectivity index (χ4n) is 1.82. The third-order valence-corrected chi connectivity index (χ3v) is 4.18. The first-order chi connectivity index (χ1) is 8.77. The summed E-state index contributed by atoms with van der Waals surface area (Å²) in [6, 6.07) is 0. The minimum atomic E-state index is -0.370. The van der Waals surface area contributed by atoms with Crippen LogP contribution < -0.4 is 5.46 Å². The van der Waals surface area contributed by atoms with Crippen LogP contribution in [0.3, 0.4) is 0 Å². The molecule has 1 aromatic heterocycles. The Morgan fingerprint density at radius 2 is 1.95 bits per heavy atom. The van der Waals surface area contributed by atoms with Gasteiger partial charge in [-0.2, -0.15) is 5.10 Å². The van der Waals surface area contributed by atoms with E-state index in [4.69, 9.17) is 14.0 Å². The summed E-state index contributed by atoms with van der Waals surface area (Å²) < 4.78 is 19.9. The lowest BCUT2D eigenvalue weighted by molar-refractivity contribution is 0.00578. The zero-order valence-corrected chi connectivity index (χ0v) is 14.2. The second-order valence-electron chi connectivity index (χ2n) is 5.72. The fraction of sp³-hybridized carbons (Fsp3) is 0.750. The summed E-state index contributed by atoms with van der Waals surface area (Å²) >= 11 is 2.17. The molecular formula is C12H20BIN2O3. The predicted octanol–water partition coefficient (Wildman–Crippen LogP) is 2.11. The lowest BCUT2D eigenvalue weighted by Crippen LogP contribution is -2.41. The van der Waals surface area contributed by atoms with Gasteiger partial charge in [0.2, 0.25) is 0 Å². The van der Waals surface area contributed by atoms with Gasteiger partial charge < -0.3 is 14.0 Å². The molecule has 1 aliphatic heterocycles. The average molecular weight is 378 g/mol. The molecule has 0 amide bonds. The lowest BCUT2D eigenvalue weighted by atomic mass is 9.82. The van der Waals surface area contributed by atoms with Crippen molar-refractivity contribution in [3.8, 4) is 0 Å². The van der Waals surface area contributed by atoms with Crippen LogP contribution in [0.1, 0.15) is 40.8 Å². The van der Waals surface area contributed by atoms with Gasteiger partial charge in [-0.05, 0) is 34.6 Å². The van der Waals surface area contributed by atoms with Crippen LogP contribution in [0.4, 0.5) is 0 Å². The highest BCUT2D eigenvalue weighted by Crippen LogP contribution is 2.36. The molecule has 0 aliphatic carbocycles. The van der Waals surface area contributed by atoms with Crippen LogP contribution in [-0.2, 0) is 14.0 Å². The fourth-order valence-corrected chi connectivity index (χ4v) is 2.34. The molecule has 1 aromatic rings. The molecule has 2 heterocycles. The Labute approximate surface area is 128 Å². The molecule has 0 radical (unpaired) electrons. The number of alkyl halides is 1. The monoisotopic (exact) mass is 378 g/mol. The molecule has 1 unspecified atom stereocenters. The maximum absolute atomic E-state index is 5.99. The Bertz CT molecular complexity index is 434. The van der Waals surface area contributed by atoms with Crippen LogP contribution in [0.25, 0.3) is 0 Å². The van der Waals surface area contributed by atoms with Crippen molar-refractivity contribution in [3.05, 3.63) is 12.4 Å². The zero-order chi connectivity index (χ0) is 14.3. The standard InChI is InChI=1S/C12H20BIN2O3/c1-9(17-8-14)16-7-10(6-15-16)13-18-11(2,3)12(4,5)19-13/h6-7,9H,8H2,1-5H3. The molecule has 0 N–H and O–H groups in total. The molecule has 2 rings (SSSR count). The minimum Gasteiger partial charge on any atom is -0.399 e. The van der Waals surface area contributed by atoms with Gasteiger partial charge in [-0.15, -0.1) is 0 Å². The van der Waals surface area contributed by atoms with Crippen LogP contribution in [0, 0.1) is 0 Å². The predicted molar refractivity (Wildman–Crippen MR) is 82.6 cm³/mol. The Morgan fingerprint density at radius 1 is 1.37 bits per heavy atom.